The van der Waals surface area contributed by atoms with Gasteiger partial charge in [0.15, 0.2) is 5.82 Å². The Kier molecular flexibility index (Phi) is 5.62. The molecule has 3 rings (SSSR count). The third-order valence-electron chi connectivity index (χ3n) is 4.43. The van der Waals surface area contributed by atoms with Crippen molar-refractivity contribution in [2.45, 2.75) is 50.2 Å². The van der Waals surface area contributed by atoms with Gasteiger partial charge in [0.05, 0.1) is 18.9 Å². The van der Waals surface area contributed by atoms with Crippen LogP contribution in [-0.2, 0) is 22.1 Å². The number of hydrogen-bond donors (Lipinski definition) is 1. The lowest BCUT2D eigenvalue weighted by molar-refractivity contribution is 0.414. The summed E-state index contributed by atoms with van der Waals surface area (Å²) in [6.07, 6.45) is 2.01. The molecule has 2 aromatic rings. The Balaban J connectivity index is 1.95. The summed E-state index contributed by atoms with van der Waals surface area (Å²) in [4.78, 5) is 0. The summed E-state index contributed by atoms with van der Waals surface area (Å²) >= 11 is 0. The van der Waals surface area contributed by atoms with E-state index in [1.165, 1.54) is 0 Å². The van der Waals surface area contributed by atoms with Gasteiger partial charge in [-0.25, -0.2) is 8.42 Å². The van der Waals surface area contributed by atoms with Crippen LogP contribution in [0.1, 0.15) is 44.1 Å². The topological polar surface area (TPSA) is 86.1 Å². The van der Waals surface area contributed by atoms with Gasteiger partial charge in [-0.05, 0) is 43.0 Å². The van der Waals surface area contributed by atoms with Crippen molar-refractivity contribution < 1.29 is 13.2 Å². The largest absolute Gasteiger partial charge is 0.497 e. The van der Waals surface area contributed by atoms with E-state index in [0.717, 1.165) is 25.2 Å². The van der Waals surface area contributed by atoms with Gasteiger partial charge in [0, 0.05) is 6.54 Å². The summed E-state index contributed by atoms with van der Waals surface area (Å²) in [6, 6.07) is 7.17. The van der Waals surface area contributed by atoms with Gasteiger partial charge in [-0.2, -0.15) is 0 Å². The third kappa shape index (κ3) is 4.07. The number of sulfone groups is 1. The highest BCUT2D eigenvalue weighted by Crippen LogP contribution is 2.26. The van der Waals surface area contributed by atoms with Crippen LogP contribution in [0.5, 0.6) is 5.75 Å². The SMILES string of the molecule is COc1cccc(CS(=O)(=O)c2nnc(C3CCCN3)n2CC(C)C)c1. The fourth-order valence-corrected chi connectivity index (χ4v) is 4.69. The molecule has 8 heteroatoms. The molecule has 1 atom stereocenters. The predicted molar refractivity (Wildman–Crippen MR) is 98.7 cm³/mol. The zero-order valence-electron chi connectivity index (χ0n) is 15.5. The van der Waals surface area contributed by atoms with Crippen molar-refractivity contribution >= 4 is 9.84 Å². The van der Waals surface area contributed by atoms with Crippen LogP contribution in [0, 0.1) is 5.92 Å². The van der Waals surface area contributed by atoms with E-state index in [4.69, 9.17) is 4.74 Å². The Morgan fingerprint density at radius 2 is 2.15 bits per heavy atom. The molecule has 1 N–H and O–H groups in total. The van der Waals surface area contributed by atoms with Crippen molar-refractivity contribution in [3.05, 3.63) is 35.7 Å². The Morgan fingerprint density at radius 1 is 1.35 bits per heavy atom. The number of benzene rings is 1. The van der Waals surface area contributed by atoms with E-state index < -0.39 is 9.84 Å². The van der Waals surface area contributed by atoms with E-state index in [1.54, 1.807) is 35.9 Å². The van der Waals surface area contributed by atoms with Gasteiger partial charge >= 0.3 is 0 Å². The summed E-state index contributed by atoms with van der Waals surface area (Å²) < 4.78 is 33.1. The van der Waals surface area contributed by atoms with Crippen molar-refractivity contribution in [2.75, 3.05) is 13.7 Å². The summed E-state index contributed by atoms with van der Waals surface area (Å²) in [5, 5.41) is 11.8. The second kappa shape index (κ2) is 7.75. The van der Waals surface area contributed by atoms with Crippen LogP contribution in [-0.4, -0.2) is 36.8 Å². The van der Waals surface area contributed by atoms with Crippen molar-refractivity contribution in [1.29, 1.82) is 0 Å². The fourth-order valence-electron chi connectivity index (χ4n) is 3.28. The molecule has 0 aliphatic carbocycles. The molecule has 0 radical (unpaired) electrons. The van der Waals surface area contributed by atoms with Crippen LogP contribution >= 0.6 is 0 Å². The first-order valence-corrected chi connectivity index (χ1v) is 10.6. The summed E-state index contributed by atoms with van der Waals surface area (Å²) in [7, 11) is -2.05. The molecule has 0 amide bonds. The molecular weight excluding hydrogens is 352 g/mol. The number of aromatic nitrogens is 3. The Hall–Kier alpha value is -1.93. The van der Waals surface area contributed by atoms with Gasteiger partial charge in [-0.1, -0.05) is 26.0 Å². The highest BCUT2D eigenvalue weighted by atomic mass is 32.2. The molecule has 1 fully saturated rings. The minimum atomic E-state index is -3.62. The molecule has 2 heterocycles. The highest BCUT2D eigenvalue weighted by Gasteiger charge is 2.30. The standard InChI is InChI=1S/C18H26N4O3S/c1-13(2)11-22-17(16-8-5-9-19-16)20-21-18(22)26(23,24)12-14-6-4-7-15(10-14)25-3/h4,6-7,10,13,16,19H,5,8-9,11-12H2,1-3H3. The maximum Gasteiger partial charge on any atom is 0.250 e. The molecule has 1 saturated heterocycles. The molecule has 1 aromatic carbocycles. The molecule has 26 heavy (non-hydrogen) atoms. The minimum absolute atomic E-state index is 0.0534. The Bertz CT molecular complexity index is 855. The zero-order valence-corrected chi connectivity index (χ0v) is 16.3. The average Bonchev–Trinajstić information content (AvgIpc) is 3.23. The number of methoxy groups -OCH3 is 1. The monoisotopic (exact) mass is 378 g/mol. The summed E-state index contributed by atoms with van der Waals surface area (Å²) in [5.41, 5.74) is 0.670. The smallest absolute Gasteiger partial charge is 0.250 e. The van der Waals surface area contributed by atoms with Crippen LogP contribution in [0.15, 0.2) is 29.4 Å². The number of nitrogens with one attached hydrogen (secondary N) is 1. The third-order valence-corrected chi connectivity index (χ3v) is 6.01. The normalized spacial score (nSPS) is 17.8. The second-order valence-corrected chi connectivity index (χ2v) is 8.99. The van der Waals surface area contributed by atoms with Crippen molar-refractivity contribution in [1.82, 2.24) is 20.1 Å². The molecular formula is C18H26N4O3S. The number of rotatable bonds is 7. The molecule has 7 nitrogen and oxygen atoms in total. The maximum absolute atomic E-state index is 13.0. The molecule has 1 aliphatic heterocycles. The van der Waals surface area contributed by atoms with Gasteiger partial charge < -0.3 is 14.6 Å². The van der Waals surface area contributed by atoms with E-state index in [2.05, 4.69) is 29.4 Å². The molecule has 1 aliphatic rings. The first-order chi connectivity index (χ1) is 12.4. The van der Waals surface area contributed by atoms with Crippen LogP contribution in [0.3, 0.4) is 0 Å². The van der Waals surface area contributed by atoms with E-state index in [0.29, 0.717) is 17.9 Å². The van der Waals surface area contributed by atoms with E-state index in [1.807, 2.05) is 0 Å². The first-order valence-electron chi connectivity index (χ1n) is 8.93. The first kappa shape index (κ1) is 18.8. The zero-order chi connectivity index (χ0) is 18.7. The molecule has 1 unspecified atom stereocenters. The molecule has 0 saturated carbocycles. The Morgan fingerprint density at radius 3 is 2.81 bits per heavy atom. The molecule has 1 aromatic heterocycles. The molecule has 0 spiro atoms. The maximum atomic E-state index is 13.0. The van der Waals surface area contributed by atoms with E-state index in [9.17, 15) is 8.42 Å². The second-order valence-electron chi connectivity index (χ2n) is 7.10. The number of nitrogens with zero attached hydrogens (tertiary/aromatic N) is 3. The van der Waals surface area contributed by atoms with Crippen molar-refractivity contribution in [3.63, 3.8) is 0 Å². The minimum Gasteiger partial charge on any atom is -0.497 e. The molecule has 0 bridgehead atoms. The average molecular weight is 378 g/mol. The molecule has 142 valence electrons. The van der Waals surface area contributed by atoms with Crippen LogP contribution < -0.4 is 10.1 Å². The van der Waals surface area contributed by atoms with Crippen LogP contribution in [0.4, 0.5) is 0 Å². The van der Waals surface area contributed by atoms with Gasteiger partial charge in [0.2, 0.25) is 15.0 Å². The van der Waals surface area contributed by atoms with Gasteiger partial charge in [0.1, 0.15) is 5.75 Å². The lowest BCUT2D eigenvalue weighted by atomic mass is 10.2. The lowest BCUT2D eigenvalue weighted by Gasteiger charge is -2.16. The van der Waals surface area contributed by atoms with Crippen molar-refractivity contribution in [3.8, 4) is 5.75 Å². The predicted octanol–water partition coefficient (Wildman–Crippen LogP) is 2.34. The fraction of sp³-hybridized carbons (Fsp3) is 0.556. The van der Waals surface area contributed by atoms with Gasteiger partial charge in [-0.15, -0.1) is 10.2 Å². The number of hydrogen-bond acceptors (Lipinski definition) is 6. The highest BCUT2D eigenvalue weighted by molar-refractivity contribution is 7.90. The summed E-state index contributed by atoms with van der Waals surface area (Å²) in [5.74, 6) is 1.52. The quantitative estimate of drug-likeness (QED) is 0.796. The van der Waals surface area contributed by atoms with E-state index >= 15 is 0 Å². The van der Waals surface area contributed by atoms with Gasteiger partial charge in [0.25, 0.3) is 0 Å². The van der Waals surface area contributed by atoms with Gasteiger partial charge in [-0.3, -0.25) is 0 Å². The summed E-state index contributed by atoms with van der Waals surface area (Å²) in [6.45, 7) is 5.62. The van der Waals surface area contributed by atoms with Crippen LogP contribution in [0.25, 0.3) is 0 Å². The van der Waals surface area contributed by atoms with Crippen LogP contribution in [0.2, 0.25) is 0 Å². The lowest BCUT2D eigenvalue weighted by Crippen LogP contribution is -2.22. The van der Waals surface area contributed by atoms with E-state index in [-0.39, 0.29) is 22.9 Å². The number of ether oxygens (including phenoxy) is 1. The van der Waals surface area contributed by atoms with Crippen molar-refractivity contribution in [2.24, 2.45) is 5.92 Å². The Labute approximate surface area is 154 Å².